The lowest BCUT2D eigenvalue weighted by molar-refractivity contribution is -0.135. The Morgan fingerprint density at radius 3 is 2.00 bits per heavy atom. The number of carboxylic acid groups (broad SMARTS) is 2. The molecular formula is C22H21NO4. The minimum atomic E-state index is -1.26. The molecule has 1 aliphatic heterocycles. The molecule has 3 rings (SSSR count). The lowest BCUT2D eigenvalue weighted by Crippen LogP contribution is -2.38. The molecule has 2 aromatic rings. The fourth-order valence-corrected chi connectivity index (χ4v) is 3.54. The van der Waals surface area contributed by atoms with E-state index in [0.717, 1.165) is 22.8 Å². The molecule has 3 N–H and O–H groups in total. The molecule has 1 aliphatic rings. The first kappa shape index (κ1) is 18.6. The number of hydrogen-bond donors (Lipinski definition) is 3. The van der Waals surface area contributed by atoms with Gasteiger partial charge in [-0.05, 0) is 17.5 Å². The van der Waals surface area contributed by atoms with E-state index in [1.165, 1.54) is 0 Å². The largest absolute Gasteiger partial charge is 0.478 e. The van der Waals surface area contributed by atoms with Crippen LogP contribution in [0.3, 0.4) is 0 Å². The number of hydrogen-bond acceptors (Lipinski definition) is 3. The highest BCUT2D eigenvalue weighted by Crippen LogP contribution is 2.36. The monoisotopic (exact) mass is 363 g/mol. The van der Waals surface area contributed by atoms with Gasteiger partial charge < -0.3 is 15.5 Å². The maximum Gasteiger partial charge on any atom is 0.333 e. The Morgan fingerprint density at radius 2 is 1.52 bits per heavy atom. The van der Waals surface area contributed by atoms with Crippen LogP contribution in [0.1, 0.15) is 23.5 Å². The molecule has 1 unspecified atom stereocenters. The van der Waals surface area contributed by atoms with Gasteiger partial charge in [0, 0.05) is 24.6 Å². The van der Waals surface area contributed by atoms with E-state index in [1.54, 1.807) is 0 Å². The summed E-state index contributed by atoms with van der Waals surface area (Å²) < 4.78 is 0. The van der Waals surface area contributed by atoms with E-state index in [0.29, 0.717) is 13.0 Å². The van der Waals surface area contributed by atoms with Gasteiger partial charge in [-0.15, -0.1) is 0 Å². The van der Waals surface area contributed by atoms with E-state index in [4.69, 9.17) is 5.11 Å². The summed E-state index contributed by atoms with van der Waals surface area (Å²) in [5.41, 5.74) is 3.19. The van der Waals surface area contributed by atoms with Crippen molar-refractivity contribution >= 4 is 11.9 Å². The topological polar surface area (TPSA) is 86.6 Å². The second kappa shape index (κ2) is 8.47. The molecular weight excluding hydrogens is 342 g/mol. The zero-order valence-electron chi connectivity index (χ0n) is 14.7. The predicted molar refractivity (Wildman–Crippen MR) is 103 cm³/mol. The van der Waals surface area contributed by atoms with Gasteiger partial charge in [0.1, 0.15) is 0 Å². The number of aliphatic carboxylic acids is 2. The maximum absolute atomic E-state index is 11.6. The van der Waals surface area contributed by atoms with Gasteiger partial charge in [-0.2, -0.15) is 0 Å². The molecule has 1 heterocycles. The van der Waals surface area contributed by atoms with Crippen LogP contribution in [0.2, 0.25) is 0 Å². The van der Waals surface area contributed by atoms with Crippen LogP contribution in [-0.4, -0.2) is 34.7 Å². The molecule has 0 aliphatic carbocycles. The van der Waals surface area contributed by atoms with Crippen molar-refractivity contribution in [3.63, 3.8) is 0 Å². The molecule has 0 spiro atoms. The predicted octanol–water partition coefficient (Wildman–Crippen LogP) is 3.20. The zero-order valence-corrected chi connectivity index (χ0v) is 14.7. The SMILES string of the molecule is O=C(O)C=C(C(=O)O)C1CC(C(c2ccccc2)c2ccccc2)=CCN1. The second-order valence-electron chi connectivity index (χ2n) is 6.44. The normalized spacial score (nSPS) is 17.4. The van der Waals surface area contributed by atoms with Gasteiger partial charge in [-0.1, -0.05) is 72.3 Å². The van der Waals surface area contributed by atoms with Crippen molar-refractivity contribution in [2.75, 3.05) is 6.54 Å². The molecule has 2 aromatic carbocycles. The van der Waals surface area contributed by atoms with Crippen molar-refractivity contribution in [1.82, 2.24) is 5.32 Å². The number of carboxylic acids is 2. The minimum absolute atomic E-state index is 0.00290. The van der Waals surface area contributed by atoms with Crippen molar-refractivity contribution in [2.45, 2.75) is 18.4 Å². The van der Waals surface area contributed by atoms with Crippen molar-refractivity contribution in [2.24, 2.45) is 0 Å². The molecule has 0 fully saturated rings. The summed E-state index contributed by atoms with van der Waals surface area (Å²) in [5, 5.41) is 21.6. The second-order valence-corrected chi connectivity index (χ2v) is 6.44. The standard InChI is InChI=1S/C22H21NO4/c24-20(25)14-18(22(26)27)19-13-17(11-12-23-19)21(15-7-3-1-4-8-15)16-9-5-2-6-10-16/h1-11,14,19,21,23H,12-13H2,(H,24,25)(H,26,27). The van der Waals surface area contributed by atoms with Crippen molar-refractivity contribution < 1.29 is 19.8 Å². The summed E-state index contributed by atoms with van der Waals surface area (Å²) in [5.74, 6) is -2.48. The Kier molecular flexibility index (Phi) is 5.84. The summed E-state index contributed by atoms with van der Waals surface area (Å²) >= 11 is 0. The number of carbonyl (C=O) groups is 2. The van der Waals surface area contributed by atoms with Crippen LogP contribution in [-0.2, 0) is 9.59 Å². The minimum Gasteiger partial charge on any atom is -0.478 e. The number of benzene rings is 2. The molecule has 27 heavy (non-hydrogen) atoms. The molecule has 0 amide bonds. The summed E-state index contributed by atoms with van der Waals surface area (Å²) in [6, 6.07) is 19.5. The maximum atomic E-state index is 11.6. The molecule has 5 heteroatoms. The molecule has 5 nitrogen and oxygen atoms in total. The highest BCUT2D eigenvalue weighted by atomic mass is 16.4. The molecule has 138 valence electrons. The Balaban J connectivity index is 1.97. The lowest BCUT2D eigenvalue weighted by Gasteiger charge is -2.30. The van der Waals surface area contributed by atoms with Crippen molar-refractivity contribution in [3.8, 4) is 0 Å². The van der Waals surface area contributed by atoms with Crippen LogP contribution in [0.5, 0.6) is 0 Å². The van der Waals surface area contributed by atoms with E-state index in [2.05, 4.69) is 35.7 Å². The molecule has 0 saturated heterocycles. The third kappa shape index (κ3) is 4.51. The van der Waals surface area contributed by atoms with Crippen molar-refractivity contribution in [3.05, 3.63) is 95.1 Å². The summed E-state index contributed by atoms with van der Waals surface area (Å²) in [7, 11) is 0. The van der Waals surface area contributed by atoms with Crippen LogP contribution >= 0.6 is 0 Å². The van der Waals surface area contributed by atoms with Gasteiger partial charge in [-0.3, -0.25) is 0 Å². The van der Waals surface area contributed by atoms with Gasteiger partial charge in [0.05, 0.1) is 5.57 Å². The van der Waals surface area contributed by atoms with E-state index >= 15 is 0 Å². The fraction of sp³-hybridized carbons (Fsp3) is 0.182. The van der Waals surface area contributed by atoms with Gasteiger partial charge in [0.25, 0.3) is 0 Å². The molecule has 1 atom stereocenters. The third-order valence-corrected chi connectivity index (χ3v) is 4.71. The Labute approximate surface area is 157 Å². The van der Waals surface area contributed by atoms with Crippen LogP contribution in [0.4, 0.5) is 0 Å². The summed E-state index contributed by atoms with van der Waals surface area (Å²) in [4.78, 5) is 22.6. The molecule has 0 aromatic heterocycles. The summed E-state index contributed by atoms with van der Waals surface area (Å²) in [6.45, 7) is 0.487. The quantitative estimate of drug-likeness (QED) is 0.542. The van der Waals surface area contributed by atoms with Crippen LogP contribution in [0.25, 0.3) is 0 Å². The first-order chi connectivity index (χ1) is 13.1. The van der Waals surface area contributed by atoms with Gasteiger partial charge >= 0.3 is 11.9 Å². The smallest absolute Gasteiger partial charge is 0.333 e. The van der Waals surface area contributed by atoms with Gasteiger partial charge in [0.15, 0.2) is 0 Å². The van der Waals surface area contributed by atoms with E-state index in [-0.39, 0.29) is 11.5 Å². The van der Waals surface area contributed by atoms with Crippen molar-refractivity contribution in [1.29, 1.82) is 0 Å². The van der Waals surface area contributed by atoms with Crippen LogP contribution in [0.15, 0.2) is 84.0 Å². The van der Waals surface area contributed by atoms with E-state index in [9.17, 15) is 14.7 Å². The molecule has 0 radical (unpaired) electrons. The number of nitrogens with one attached hydrogen (secondary N) is 1. The Bertz CT molecular complexity index is 832. The highest BCUT2D eigenvalue weighted by Gasteiger charge is 2.29. The third-order valence-electron chi connectivity index (χ3n) is 4.71. The molecule has 0 bridgehead atoms. The Morgan fingerprint density at radius 1 is 0.963 bits per heavy atom. The zero-order chi connectivity index (χ0) is 19.2. The highest BCUT2D eigenvalue weighted by molar-refractivity contribution is 5.95. The average Bonchev–Trinajstić information content (AvgIpc) is 2.68. The fourth-order valence-electron chi connectivity index (χ4n) is 3.54. The number of rotatable bonds is 6. The van der Waals surface area contributed by atoms with E-state index < -0.39 is 18.0 Å². The first-order valence-electron chi connectivity index (χ1n) is 8.76. The van der Waals surface area contributed by atoms with Crippen LogP contribution < -0.4 is 5.32 Å². The van der Waals surface area contributed by atoms with E-state index in [1.807, 2.05) is 36.4 Å². The Hall–Kier alpha value is -3.18. The lowest BCUT2D eigenvalue weighted by atomic mass is 9.80. The average molecular weight is 363 g/mol. The molecule has 0 saturated carbocycles. The van der Waals surface area contributed by atoms with Gasteiger partial charge in [-0.25, -0.2) is 9.59 Å². The first-order valence-corrected chi connectivity index (χ1v) is 8.76. The van der Waals surface area contributed by atoms with Crippen LogP contribution in [0, 0.1) is 0 Å². The van der Waals surface area contributed by atoms with Gasteiger partial charge in [0.2, 0.25) is 0 Å². The summed E-state index contributed by atoms with van der Waals surface area (Å²) in [6.07, 6.45) is 3.28.